The Morgan fingerprint density at radius 3 is 2.29 bits per heavy atom. The number of aryl methyl sites for hydroxylation is 1. The molecule has 0 bridgehead atoms. The second-order valence-corrected chi connectivity index (χ2v) is 5.23. The Bertz CT molecular complexity index is 425. The Morgan fingerprint density at radius 2 is 1.76 bits per heavy atom. The molecule has 0 saturated carbocycles. The van der Waals surface area contributed by atoms with Gasteiger partial charge < -0.3 is 19.7 Å². The summed E-state index contributed by atoms with van der Waals surface area (Å²) in [7, 11) is 7.29. The van der Waals surface area contributed by atoms with Gasteiger partial charge in [0.25, 0.3) is 0 Å². The van der Waals surface area contributed by atoms with Crippen LogP contribution in [0.1, 0.15) is 18.4 Å². The first-order valence-corrected chi connectivity index (χ1v) is 7.18. The van der Waals surface area contributed by atoms with Crippen LogP contribution in [0.25, 0.3) is 0 Å². The van der Waals surface area contributed by atoms with Crippen molar-refractivity contribution in [3.63, 3.8) is 0 Å². The van der Waals surface area contributed by atoms with Gasteiger partial charge in [-0.3, -0.25) is 4.79 Å². The summed E-state index contributed by atoms with van der Waals surface area (Å²) >= 11 is 0. The molecule has 0 spiro atoms. The standard InChI is InChI=1S/C16H26N2O3/c1-18(2)9-5-8-17-16(19)7-6-13-10-14(20-3)12-15(11-13)21-4/h10-12H,5-9H2,1-4H3,(H,17,19). The smallest absolute Gasteiger partial charge is 0.220 e. The fourth-order valence-corrected chi connectivity index (χ4v) is 1.98. The summed E-state index contributed by atoms with van der Waals surface area (Å²) in [6, 6.07) is 5.69. The number of carbonyl (C=O) groups excluding carboxylic acids is 1. The molecule has 0 aliphatic rings. The van der Waals surface area contributed by atoms with Crippen molar-refractivity contribution in [2.24, 2.45) is 0 Å². The third-order valence-electron chi connectivity index (χ3n) is 3.16. The summed E-state index contributed by atoms with van der Waals surface area (Å²) in [5.41, 5.74) is 1.04. The van der Waals surface area contributed by atoms with E-state index in [1.54, 1.807) is 14.2 Å². The fraction of sp³-hybridized carbons (Fsp3) is 0.562. The molecule has 1 rings (SSSR count). The molecule has 1 aromatic carbocycles. The first-order valence-electron chi connectivity index (χ1n) is 7.18. The minimum absolute atomic E-state index is 0.0792. The largest absolute Gasteiger partial charge is 0.497 e. The van der Waals surface area contributed by atoms with Crippen LogP contribution in [0.15, 0.2) is 18.2 Å². The molecule has 118 valence electrons. The van der Waals surface area contributed by atoms with E-state index in [0.29, 0.717) is 12.8 Å². The zero-order valence-corrected chi connectivity index (χ0v) is 13.4. The van der Waals surface area contributed by atoms with Gasteiger partial charge >= 0.3 is 0 Å². The highest BCUT2D eigenvalue weighted by Gasteiger charge is 2.05. The van der Waals surface area contributed by atoms with Gasteiger partial charge in [0, 0.05) is 19.0 Å². The van der Waals surface area contributed by atoms with Crippen LogP contribution < -0.4 is 14.8 Å². The number of hydrogen-bond donors (Lipinski definition) is 1. The Balaban J connectivity index is 2.38. The molecule has 0 aliphatic carbocycles. The van der Waals surface area contributed by atoms with E-state index in [-0.39, 0.29) is 5.91 Å². The molecule has 21 heavy (non-hydrogen) atoms. The van der Waals surface area contributed by atoms with Crippen LogP contribution in [-0.2, 0) is 11.2 Å². The first kappa shape index (κ1) is 17.3. The van der Waals surface area contributed by atoms with Crippen molar-refractivity contribution < 1.29 is 14.3 Å². The first-order chi connectivity index (χ1) is 10.0. The molecule has 0 aromatic heterocycles. The van der Waals surface area contributed by atoms with E-state index in [4.69, 9.17) is 9.47 Å². The molecule has 0 atom stereocenters. The van der Waals surface area contributed by atoms with E-state index < -0.39 is 0 Å². The van der Waals surface area contributed by atoms with Gasteiger partial charge in [0.2, 0.25) is 5.91 Å². The molecule has 1 N–H and O–H groups in total. The highest BCUT2D eigenvalue weighted by molar-refractivity contribution is 5.76. The van der Waals surface area contributed by atoms with Gasteiger partial charge in [-0.1, -0.05) is 0 Å². The zero-order chi connectivity index (χ0) is 15.7. The maximum Gasteiger partial charge on any atom is 0.220 e. The van der Waals surface area contributed by atoms with E-state index in [2.05, 4.69) is 10.2 Å². The van der Waals surface area contributed by atoms with Gasteiger partial charge in [0.15, 0.2) is 0 Å². The molecule has 1 aromatic rings. The SMILES string of the molecule is COc1cc(CCC(=O)NCCCN(C)C)cc(OC)c1. The second-order valence-electron chi connectivity index (χ2n) is 5.23. The summed E-state index contributed by atoms with van der Waals surface area (Å²) in [5, 5.41) is 2.94. The topological polar surface area (TPSA) is 50.8 Å². The summed E-state index contributed by atoms with van der Waals surface area (Å²) in [6.07, 6.45) is 2.11. The van der Waals surface area contributed by atoms with Crippen molar-refractivity contribution in [1.82, 2.24) is 10.2 Å². The van der Waals surface area contributed by atoms with Crippen LogP contribution in [0, 0.1) is 0 Å². The predicted octanol–water partition coefficient (Wildman–Crippen LogP) is 1.70. The Morgan fingerprint density at radius 1 is 1.14 bits per heavy atom. The third-order valence-corrected chi connectivity index (χ3v) is 3.16. The summed E-state index contributed by atoms with van der Waals surface area (Å²) in [4.78, 5) is 13.9. The van der Waals surface area contributed by atoms with Crippen molar-refractivity contribution in [2.75, 3.05) is 41.4 Å². The number of rotatable bonds is 9. The maximum absolute atomic E-state index is 11.8. The van der Waals surface area contributed by atoms with Crippen LogP contribution in [0.3, 0.4) is 0 Å². The van der Waals surface area contributed by atoms with Gasteiger partial charge in [0.05, 0.1) is 14.2 Å². The Labute approximate surface area is 127 Å². The average molecular weight is 294 g/mol. The number of nitrogens with one attached hydrogen (secondary N) is 1. The van der Waals surface area contributed by atoms with Crippen molar-refractivity contribution >= 4 is 5.91 Å². The van der Waals surface area contributed by atoms with E-state index in [1.807, 2.05) is 32.3 Å². The molecule has 0 aliphatic heterocycles. The number of benzene rings is 1. The highest BCUT2D eigenvalue weighted by atomic mass is 16.5. The van der Waals surface area contributed by atoms with Crippen LogP contribution in [0.4, 0.5) is 0 Å². The quantitative estimate of drug-likeness (QED) is 0.704. The lowest BCUT2D eigenvalue weighted by atomic mass is 10.1. The number of methoxy groups -OCH3 is 2. The zero-order valence-electron chi connectivity index (χ0n) is 13.4. The highest BCUT2D eigenvalue weighted by Crippen LogP contribution is 2.23. The molecule has 0 heterocycles. The molecule has 0 fully saturated rings. The molecule has 5 heteroatoms. The van der Waals surface area contributed by atoms with Gasteiger partial charge in [-0.05, 0) is 51.2 Å². The van der Waals surface area contributed by atoms with Crippen LogP contribution in [0.5, 0.6) is 11.5 Å². The van der Waals surface area contributed by atoms with Gasteiger partial charge in [-0.15, -0.1) is 0 Å². The van der Waals surface area contributed by atoms with Gasteiger partial charge in [0.1, 0.15) is 11.5 Å². The molecule has 5 nitrogen and oxygen atoms in total. The predicted molar refractivity (Wildman–Crippen MR) is 84.0 cm³/mol. The maximum atomic E-state index is 11.8. The van der Waals surface area contributed by atoms with Gasteiger partial charge in [-0.25, -0.2) is 0 Å². The lowest BCUT2D eigenvalue weighted by Crippen LogP contribution is -2.27. The average Bonchev–Trinajstić information content (AvgIpc) is 2.48. The number of amides is 1. The minimum Gasteiger partial charge on any atom is -0.497 e. The molecule has 0 radical (unpaired) electrons. The Kier molecular flexibility index (Phi) is 7.61. The second kappa shape index (κ2) is 9.23. The fourth-order valence-electron chi connectivity index (χ4n) is 1.98. The lowest BCUT2D eigenvalue weighted by Gasteiger charge is -2.10. The van der Waals surface area contributed by atoms with Crippen molar-refractivity contribution in [2.45, 2.75) is 19.3 Å². The summed E-state index contributed by atoms with van der Waals surface area (Å²) in [5.74, 6) is 1.57. The Hall–Kier alpha value is -1.75. The van der Waals surface area contributed by atoms with Crippen molar-refractivity contribution in [3.05, 3.63) is 23.8 Å². The van der Waals surface area contributed by atoms with E-state index in [1.165, 1.54) is 0 Å². The van der Waals surface area contributed by atoms with Crippen LogP contribution >= 0.6 is 0 Å². The van der Waals surface area contributed by atoms with Crippen molar-refractivity contribution in [3.8, 4) is 11.5 Å². The number of ether oxygens (including phenoxy) is 2. The third kappa shape index (κ3) is 6.99. The van der Waals surface area contributed by atoms with Crippen LogP contribution in [-0.4, -0.2) is 52.2 Å². The van der Waals surface area contributed by atoms with E-state index >= 15 is 0 Å². The number of nitrogens with zero attached hydrogens (tertiary/aromatic N) is 1. The molecule has 0 saturated heterocycles. The summed E-state index contributed by atoms with van der Waals surface area (Å²) in [6.45, 7) is 1.70. The number of carbonyl (C=O) groups is 1. The lowest BCUT2D eigenvalue weighted by molar-refractivity contribution is -0.121. The van der Waals surface area contributed by atoms with Crippen LogP contribution in [0.2, 0.25) is 0 Å². The molecule has 1 amide bonds. The van der Waals surface area contributed by atoms with E-state index in [0.717, 1.165) is 36.6 Å². The summed E-state index contributed by atoms with van der Waals surface area (Å²) < 4.78 is 10.4. The van der Waals surface area contributed by atoms with E-state index in [9.17, 15) is 4.79 Å². The molecule has 0 unspecified atom stereocenters. The normalized spacial score (nSPS) is 10.5. The van der Waals surface area contributed by atoms with Gasteiger partial charge in [-0.2, -0.15) is 0 Å². The monoisotopic (exact) mass is 294 g/mol. The van der Waals surface area contributed by atoms with Crippen molar-refractivity contribution in [1.29, 1.82) is 0 Å². The minimum atomic E-state index is 0.0792. The molecular formula is C16H26N2O3. The molecular weight excluding hydrogens is 268 g/mol. The number of hydrogen-bond acceptors (Lipinski definition) is 4.